The van der Waals surface area contributed by atoms with Crippen LogP contribution < -0.4 is 4.74 Å². The van der Waals surface area contributed by atoms with Crippen LogP contribution in [0.2, 0.25) is 0 Å². The molecule has 0 spiro atoms. The minimum absolute atomic E-state index is 0.364. The average Bonchev–Trinajstić information content (AvgIpc) is 2.96. The van der Waals surface area contributed by atoms with Crippen LogP contribution in [-0.4, -0.2) is 13.2 Å². The molecule has 1 aromatic rings. The molecule has 2 heteroatoms. The van der Waals surface area contributed by atoms with E-state index in [9.17, 15) is 0 Å². The van der Waals surface area contributed by atoms with Crippen molar-refractivity contribution in [2.75, 3.05) is 7.11 Å². The summed E-state index contributed by atoms with van der Waals surface area (Å²) in [6, 6.07) is 6.27. The van der Waals surface area contributed by atoms with E-state index < -0.39 is 0 Å². The molecule has 1 aliphatic heterocycles. The fourth-order valence-electron chi connectivity index (χ4n) is 2.42. The van der Waals surface area contributed by atoms with Gasteiger partial charge in [0.15, 0.2) is 0 Å². The summed E-state index contributed by atoms with van der Waals surface area (Å²) < 4.78 is 11.0. The highest BCUT2D eigenvalue weighted by atomic mass is 16.6. The van der Waals surface area contributed by atoms with Gasteiger partial charge in [0.05, 0.1) is 13.2 Å². The zero-order valence-electron chi connectivity index (χ0n) is 8.32. The molecule has 1 saturated heterocycles. The number of fused-ring (bicyclic) bond motifs is 3. The van der Waals surface area contributed by atoms with Crippen molar-refractivity contribution >= 4 is 0 Å². The van der Waals surface area contributed by atoms with E-state index in [1.807, 2.05) is 6.07 Å². The van der Waals surface area contributed by atoms with Crippen molar-refractivity contribution < 1.29 is 9.47 Å². The Morgan fingerprint density at radius 1 is 1.43 bits per heavy atom. The topological polar surface area (TPSA) is 21.8 Å². The van der Waals surface area contributed by atoms with Gasteiger partial charge in [-0.3, -0.25) is 0 Å². The van der Waals surface area contributed by atoms with Gasteiger partial charge in [-0.25, -0.2) is 0 Å². The van der Waals surface area contributed by atoms with Crippen molar-refractivity contribution in [3.05, 3.63) is 29.3 Å². The number of methoxy groups -OCH3 is 1. The van der Waals surface area contributed by atoms with Crippen LogP contribution in [0.25, 0.3) is 0 Å². The van der Waals surface area contributed by atoms with Crippen LogP contribution >= 0.6 is 0 Å². The summed E-state index contributed by atoms with van der Waals surface area (Å²) in [5.74, 6) is 1.03. The normalized spacial score (nSPS) is 28.6. The van der Waals surface area contributed by atoms with Crippen molar-refractivity contribution in [2.24, 2.45) is 0 Å². The van der Waals surface area contributed by atoms with E-state index in [4.69, 9.17) is 9.47 Å². The van der Waals surface area contributed by atoms with Gasteiger partial charge in [-0.15, -0.1) is 0 Å². The molecule has 14 heavy (non-hydrogen) atoms. The molecule has 1 heterocycles. The van der Waals surface area contributed by atoms with Crippen molar-refractivity contribution in [3.8, 4) is 5.75 Å². The van der Waals surface area contributed by atoms with Gasteiger partial charge in [0.2, 0.25) is 0 Å². The molecular weight excluding hydrogens is 176 g/mol. The third-order valence-electron chi connectivity index (χ3n) is 3.19. The Morgan fingerprint density at radius 2 is 2.36 bits per heavy atom. The number of ether oxygens (including phenoxy) is 2. The zero-order valence-corrected chi connectivity index (χ0v) is 8.32. The van der Waals surface area contributed by atoms with Crippen molar-refractivity contribution in [2.45, 2.75) is 31.5 Å². The summed E-state index contributed by atoms with van der Waals surface area (Å²) in [5.41, 5.74) is 2.71. The number of benzene rings is 1. The second-order valence-electron chi connectivity index (χ2n) is 4.02. The number of epoxide rings is 1. The lowest BCUT2D eigenvalue weighted by Crippen LogP contribution is -1.96. The molecule has 0 N–H and O–H groups in total. The standard InChI is InChI=1S/C12H14O2/c1-13-10-6-3-5-9-8(10)4-2-7-11-12(9)14-11/h3,5-6,11-12H,2,4,7H2,1H3/t11-,12-/m0/s1. The maximum Gasteiger partial charge on any atom is 0.122 e. The highest BCUT2D eigenvalue weighted by Gasteiger charge is 2.42. The molecule has 0 unspecified atom stereocenters. The number of rotatable bonds is 1. The highest BCUT2D eigenvalue weighted by molar-refractivity contribution is 5.44. The minimum atomic E-state index is 0.364. The first-order valence-corrected chi connectivity index (χ1v) is 5.21. The van der Waals surface area contributed by atoms with E-state index in [0.717, 1.165) is 12.2 Å². The van der Waals surface area contributed by atoms with Gasteiger partial charge < -0.3 is 9.47 Å². The van der Waals surface area contributed by atoms with Crippen LogP contribution in [0.5, 0.6) is 5.75 Å². The maximum absolute atomic E-state index is 5.63. The van der Waals surface area contributed by atoms with Crippen LogP contribution in [-0.2, 0) is 11.2 Å². The van der Waals surface area contributed by atoms with E-state index in [2.05, 4.69) is 12.1 Å². The summed E-state index contributed by atoms with van der Waals surface area (Å²) >= 11 is 0. The molecular formula is C12H14O2. The van der Waals surface area contributed by atoms with Gasteiger partial charge in [-0.1, -0.05) is 12.1 Å². The van der Waals surface area contributed by atoms with Crippen LogP contribution in [0.15, 0.2) is 18.2 Å². The Hall–Kier alpha value is -1.02. The lowest BCUT2D eigenvalue weighted by atomic mass is 10.0. The molecule has 74 valence electrons. The Morgan fingerprint density at radius 3 is 3.21 bits per heavy atom. The highest BCUT2D eigenvalue weighted by Crippen LogP contribution is 2.47. The van der Waals surface area contributed by atoms with Gasteiger partial charge in [0, 0.05) is 0 Å². The zero-order chi connectivity index (χ0) is 9.54. The van der Waals surface area contributed by atoms with E-state index in [1.54, 1.807) is 7.11 Å². The first-order valence-electron chi connectivity index (χ1n) is 5.21. The molecule has 0 saturated carbocycles. The molecule has 0 bridgehead atoms. The average molecular weight is 190 g/mol. The third kappa shape index (κ3) is 1.14. The van der Waals surface area contributed by atoms with E-state index in [-0.39, 0.29) is 0 Å². The summed E-state index contributed by atoms with van der Waals surface area (Å²) in [6.45, 7) is 0. The monoisotopic (exact) mass is 190 g/mol. The molecule has 2 nitrogen and oxygen atoms in total. The van der Waals surface area contributed by atoms with Crippen LogP contribution in [0.3, 0.4) is 0 Å². The molecule has 1 fully saturated rings. The predicted molar refractivity (Wildman–Crippen MR) is 53.5 cm³/mol. The van der Waals surface area contributed by atoms with Gasteiger partial charge in [-0.05, 0) is 36.5 Å². The van der Waals surface area contributed by atoms with Gasteiger partial charge >= 0.3 is 0 Å². The lowest BCUT2D eigenvalue weighted by Gasteiger charge is -2.10. The molecule has 1 aromatic carbocycles. The fraction of sp³-hybridized carbons (Fsp3) is 0.500. The third-order valence-corrected chi connectivity index (χ3v) is 3.19. The molecule has 0 aromatic heterocycles. The van der Waals surface area contributed by atoms with Crippen molar-refractivity contribution in [1.82, 2.24) is 0 Å². The molecule has 1 aliphatic carbocycles. The van der Waals surface area contributed by atoms with Gasteiger partial charge in [0.1, 0.15) is 11.9 Å². The quantitative estimate of drug-likeness (QED) is 0.634. The largest absolute Gasteiger partial charge is 0.496 e. The van der Waals surface area contributed by atoms with Gasteiger partial charge in [0.25, 0.3) is 0 Å². The smallest absolute Gasteiger partial charge is 0.122 e. The summed E-state index contributed by atoms with van der Waals surface area (Å²) in [4.78, 5) is 0. The predicted octanol–water partition coefficient (Wildman–Crippen LogP) is 2.47. The number of hydrogen-bond acceptors (Lipinski definition) is 2. The Bertz CT molecular complexity index is 359. The van der Waals surface area contributed by atoms with Crippen molar-refractivity contribution in [3.63, 3.8) is 0 Å². The second kappa shape index (κ2) is 2.99. The Balaban J connectivity index is 2.09. The second-order valence-corrected chi connectivity index (χ2v) is 4.02. The summed E-state index contributed by atoms with van der Waals surface area (Å²) in [5, 5.41) is 0. The molecule has 3 rings (SSSR count). The first-order chi connectivity index (χ1) is 6.90. The molecule has 2 aliphatic rings. The SMILES string of the molecule is COc1cccc2c1CCC[C@@H]1O[C@@H]21. The molecule has 0 amide bonds. The maximum atomic E-state index is 5.63. The van der Waals surface area contributed by atoms with Crippen molar-refractivity contribution in [1.29, 1.82) is 0 Å². The summed E-state index contributed by atoms with van der Waals surface area (Å²) in [7, 11) is 1.74. The van der Waals surface area contributed by atoms with Crippen LogP contribution in [0.4, 0.5) is 0 Å². The minimum Gasteiger partial charge on any atom is -0.496 e. The lowest BCUT2D eigenvalue weighted by molar-refractivity contribution is 0.353. The summed E-state index contributed by atoms with van der Waals surface area (Å²) in [6.07, 6.45) is 4.40. The van der Waals surface area contributed by atoms with Gasteiger partial charge in [-0.2, -0.15) is 0 Å². The molecule has 2 atom stereocenters. The van der Waals surface area contributed by atoms with Crippen LogP contribution in [0.1, 0.15) is 30.1 Å². The van der Waals surface area contributed by atoms with Crippen LogP contribution in [0, 0.1) is 0 Å². The van der Waals surface area contributed by atoms with E-state index in [0.29, 0.717) is 12.2 Å². The molecule has 0 radical (unpaired) electrons. The fourth-order valence-corrected chi connectivity index (χ4v) is 2.42. The first kappa shape index (κ1) is 8.30. The van der Waals surface area contributed by atoms with E-state index >= 15 is 0 Å². The number of hydrogen-bond donors (Lipinski definition) is 0. The van der Waals surface area contributed by atoms with E-state index in [1.165, 1.54) is 24.0 Å². The Kier molecular flexibility index (Phi) is 1.77. The Labute approximate surface area is 83.8 Å².